The Morgan fingerprint density at radius 3 is 2.07 bits per heavy atom. The molecule has 0 saturated carbocycles. The van der Waals surface area contributed by atoms with E-state index in [1.54, 1.807) is 0 Å². The lowest BCUT2D eigenvalue weighted by Crippen LogP contribution is -2.45. The number of aryl methyl sites for hydroxylation is 1. The van der Waals surface area contributed by atoms with Crippen molar-refractivity contribution in [3.8, 4) is 5.75 Å². The molecule has 0 amide bonds. The van der Waals surface area contributed by atoms with E-state index in [1.807, 2.05) is 4.90 Å². The van der Waals surface area contributed by atoms with Crippen molar-refractivity contribution in [3.05, 3.63) is 64.7 Å². The molecular formula is C19H21Cl2F5N2O. The third-order valence-electron chi connectivity index (χ3n) is 4.55. The number of piperazine rings is 1. The zero-order valence-corrected chi connectivity index (χ0v) is 17.1. The normalized spacial score (nSPS) is 15.8. The van der Waals surface area contributed by atoms with Crippen molar-refractivity contribution < 1.29 is 26.7 Å². The summed E-state index contributed by atoms with van der Waals surface area (Å²) in [5, 5.41) is 3.19. The van der Waals surface area contributed by atoms with Gasteiger partial charge in [-0.15, -0.1) is 38.0 Å². The molecule has 29 heavy (non-hydrogen) atoms. The van der Waals surface area contributed by atoms with Crippen molar-refractivity contribution in [1.29, 1.82) is 0 Å². The Morgan fingerprint density at radius 2 is 1.52 bits per heavy atom. The third kappa shape index (κ3) is 6.18. The van der Waals surface area contributed by atoms with Gasteiger partial charge in [0, 0.05) is 31.7 Å². The lowest BCUT2D eigenvalue weighted by Gasteiger charge is -2.36. The van der Waals surface area contributed by atoms with Crippen LogP contribution in [-0.4, -0.2) is 37.4 Å². The summed E-state index contributed by atoms with van der Waals surface area (Å²) in [4.78, 5) is 1.98. The molecule has 0 bridgehead atoms. The Hall–Kier alpha value is -1.61. The fourth-order valence-corrected chi connectivity index (χ4v) is 3.25. The molecule has 0 aromatic heterocycles. The zero-order chi connectivity index (χ0) is 19.6. The molecule has 1 heterocycles. The highest BCUT2D eigenvalue weighted by atomic mass is 35.5. The van der Waals surface area contributed by atoms with E-state index in [1.165, 1.54) is 43.3 Å². The van der Waals surface area contributed by atoms with E-state index < -0.39 is 24.0 Å². The van der Waals surface area contributed by atoms with Crippen LogP contribution in [0.4, 0.5) is 22.0 Å². The fraction of sp³-hybridized carbons (Fsp3) is 0.368. The van der Waals surface area contributed by atoms with Gasteiger partial charge in [-0.05, 0) is 30.2 Å². The average molecular weight is 459 g/mol. The standard InChI is InChI=1S/C19H19F5N2O.2ClH/c1-12-2-7-15(17(21)16(12)20)18(26-10-8-25-9-11-26)13-3-5-14(6-4-13)27-19(22,23)24;;/h2-7,18,25H,8-11H2,1H3;2*1H/t18-;;/m1../s1. The van der Waals surface area contributed by atoms with Crippen LogP contribution >= 0.6 is 24.8 Å². The van der Waals surface area contributed by atoms with E-state index in [-0.39, 0.29) is 41.7 Å². The first-order valence-electron chi connectivity index (χ1n) is 8.51. The van der Waals surface area contributed by atoms with Gasteiger partial charge in [0.15, 0.2) is 11.6 Å². The minimum atomic E-state index is -4.79. The Morgan fingerprint density at radius 1 is 0.931 bits per heavy atom. The van der Waals surface area contributed by atoms with Crippen LogP contribution in [0.2, 0.25) is 0 Å². The Balaban J connectivity index is 0.00000210. The summed E-state index contributed by atoms with van der Waals surface area (Å²) in [6, 6.07) is 7.68. The first-order chi connectivity index (χ1) is 12.8. The van der Waals surface area contributed by atoms with Crippen molar-refractivity contribution in [2.75, 3.05) is 26.2 Å². The molecule has 0 radical (unpaired) electrons. The van der Waals surface area contributed by atoms with Crippen molar-refractivity contribution >= 4 is 24.8 Å². The van der Waals surface area contributed by atoms with Crippen LogP contribution in [-0.2, 0) is 0 Å². The van der Waals surface area contributed by atoms with Crippen molar-refractivity contribution in [1.82, 2.24) is 10.2 Å². The number of nitrogens with one attached hydrogen (secondary N) is 1. The van der Waals surface area contributed by atoms with Crippen LogP contribution < -0.4 is 10.1 Å². The molecule has 1 atom stereocenters. The first kappa shape index (κ1) is 25.4. The van der Waals surface area contributed by atoms with E-state index in [0.717, 1.165) is 0 Å². The Kier molecular flexibility index (Phi) is 9.14. The SMILES string of the molecule is Cc1ccc([C@@H](c2ccc(OC(F)(F)F)cc2)N2CCNCC2)c(F)c1F.Cl.Cl. The largest absolute Gasteiger partial charge is 0.573 e. The smallest absolute Gasteiger partial charge is 0.406 e. The summed E-state index contributed by atoms with van der Waals surface area (Å²) in [5.41, 5.74) is 0.919. The van der Waals surface area contributed by atoms with Crippen LogP contribution in [0, 0.1) is 18.6 Å². The molecule has 162 valence electrons. The van der Waals surface area contributed by atoms with Gasteiger partial charge < -0.3 is 10.1 Å². The summed E-state index contributed by atoms with van der Waals surface area (Å²) < 4.78 is 69.8. The van der Waals surface area contributed by atoms with E-state index >= 15 is 0 Å². The molecule has 1 aliphatic heterocycles. The van der Waals surface area contributed by atoms with Gasteiger partial charge in [-0.3, -0.25) is 4.90 Å². The van der Waals surface area contributed by atoms with Crippen molar-refractivity contribution in [3.63, 3.8) is 0 Å². The number of halogens is 7. The van der Waals surface area contributed by atoms with E-state index in [0.29, 0.717) is 31.7 Å². The molecule has 0 unspecified atom stereocenters. The van der Waals surface area contributed by atoms with Crippen molar-refractivity contribution in [2.24, 2.45) is 0 Å². The summed E-state index contributed by atoms with van der Waals surface area (Å²) in [6.45, 7) is 4.04. The molecule has 1 saturated heterocycles. The Bertz CT molecular complexity index is 796. The lowest BCUT2D eigenvalue weighted by atomic mass is 9.94. The van der Waals surface area contributed by atoms with Gasteiger partial charge >= 0.3 is 6.36 Å². The molecule has 0 aliphatic carbocycles. The second kappa shape index (κ2) is 10.4. The molecule has 1 fully saturated rings. The molecule has 3 rings (SSSR count). The number of ether oxygens (including phenoxy) is 1. The van der Waals surface area contributed by atoms with Gasteiger partial charge in [-0.1, -0.05) is 24.3 Å². The minimum Gasteiger partial charge on any atom is -0.406 e. The van der Waals surface area contributed by atoms with Crippen LogP contribution in [0.25, 0.3) is 0 Å². The number of rotatable bonds is 4. The molecule has 0 spiro atoms. The van der Waals surface area contributed by atoms with Gasteiger partial charge in [0.2, 0.25) is 0 Å². The molecule has 1 aliphatic rings. The topological polar surface area (TPSA) is 24.5 Å². The van der Waals surface area contributed by atoms with Crippen molar-refractivity contribution in [2.45, 2.75) is 19.3 Å². The molecular weight excluding hydrogens is 438 g/mol. The number of hydrogen-bond acceptors (Lipinski definition) is 3. The molecule has 3 nitrogen and oxygen atoms in total. The first-order valence-corrected chi connectivity index (χ1v) is 8.51. The molecule has 2 aromatic rings. The molecule has 10 heteroatoms. The fourth-order valence-electron chi connectivity index (χ4n) is 3.25. The maximum absolute atomic E-state index is 14.7. The minimum absolute atomic E-state index is 0. The zero-order valence-electron chi connectivity index (χ0n) is 15.4. The second-order valence-corrected chi connectivity index (χ2v) is 6.40. The van der Waals surface area contributed by atoms with E-state index in [4.69, 9.17) is 0 Å². The predicted molar refractivity (Wildman–Crippen MR) is 105 cm³/mol. The maximum atomic E-state index is 14.7. The van der Waals surface area contributed by atoms with Crippen LogP contribution in [0.15, 0.2) is 36.4 Å². The van der Waals surface area contributed by atoms with Gasteiger partial charge in [0.1, 0.15) is 5.75 Å². The van der Waals surface area contributed by atoms with Gasteiger partial charge in [-0.25, -0.2) is 8.78 Å². The van der Waals surface area contributed by atoms with Gasteiger partial charge in [0.25, 0.3) is 0 Å². The molecule has 1 N–H and O–H groups in total. The molecule has 2 aromatic carbocycles. The third-order valence-corrected chi connectivity index (χ3v) is 4.55. The predicted octanol–water partition coefficient (Wildman–Crippen LogP) is 5.01. The number of benzene rings is 2. The summed E-state index contributed by atoms with van der Waals surface area (Å²) >= 11 is 0. The summed E-state index contributed by atoms with van der Waals surface area (Å²) in [6.07, 6.45) is -4.79. The highest BCUT2D eigenvalue weighted by molar-refractivity contribution is 5.85. The van der Waals surface area contributed by atoms with Crippen LogP contribution in [0.1, 0.15) is 22.7 Å². The highest BCUT2D eigenvalue weighted by Crippen LogP contribution is 2.34. The second-order valence-electron chi connectivity index (χ2n) is 6.40. The quantitative estimate of drug-likeness (QED) is 0.651. The summed E-state index contributed by atoms with van der Waals surface area (Å²) in [5.74, 6) is -2.21. The van der Waals surface area contributed by atoms with Crippen LogP contribution in [0.5, 0.6) is 5.75 Å². The number of nitrogens with zero attached hydrogens (tertiary/aromatic N) is 1. The summed E-state index contributed by atoms with van der Waals surface area (Å²) in [7, 11) is 0. The maximum Gasteiger partial charge on any atom is 0.573 e. The van der Waals surface area contributed by atoms with Crippen LogP contribution in [0.3, 0.4) is 0 Å². The Labute approximate surface area is 178 Å². The van der Waals surface area contributed by atoms with E-state index in [9.17, 15) is 22.0 Å². The number of hydrogen-bond donors (Lipinski definition) is 1. The number of alkyl halides is 3. The van der Waals surface area contributed by atoms with Gasteiger partial charge in [-0.2, -0.15) is 0 Å². The lowest BCUT2D eigenvalue weighted by molar-refractivity contribution is -0.274. The van der Waals surface area contributed by atoms with E-state index in [2.05, 4.69) is 10.1 Å². The monoisotopic (exact) mass is 458 g/mol. The van der Waals surface area contributed by atoms with Gasteiger partial charge in [0.05, 0.1) is 6.04 Å². The average Bonchev–Trinajstić information content (AvgIpc) is 2.63. The highest BCUT2D eigenvalue weighted by Gasteiger charge is 2.32.